The SMILES string of the molecule is NNc1ccccc1S(=O)(=O)N1CCCCC1. The predicted molar refractivity (Wildman–Crippen MR) is 66.9 cm³/mol. The molecule has 3 N–H and O–H groups in total. The van der Waals surface area contributed by atoms with Crippen molar-refractivity contribution in [2.24, 2.45) is 5.84 Å². The third-order valence-corrected chi connectivity index (χ3v) is 4.93. The lowest BCUT2D eigenvalue weighted by Gasteiger charge is -2.26. The van der Waals surface area contributed by atoms with Crippen molar-refractivity contribution in [1.29, 1.82) is 0 Å². The molecule has 1 aliphatic heterocycles. The van der Waals surface area contributed by atoms with Crippen LogP contribution in [0.15, 0.2) is 29.2 Å². The van der Waals surface area contributed by atoms with E-state index in [2.05, 4.69) is 5.43 Å². The van der Waals surface area contributed by atoms with Crippen LogP contribution in [0, 0.1) is 0 Å². The summed E-state index contributed by atoms with van der Waals surface area (Å²) in [5, 5.41) is 0. The van der Waals surface area contributed by atoms with Crippen LogP contribution in [0.5, 0.6) is 0 Å². The molecule has 2 rings (SSSR count). The van der Waals surface area contributed by atoms with Crippen molar-refractivity contribution in [2.75, 3.05) is 18.5 Å². The number of sulfonamides is 1. The molecule has 0 unspecified atom stereocenters. The molecule has 0 radical (unpaired) electrons. The van der Waals surface area contributed by atoms with Gasteiger partial charge in [-0.05, 0) is 25.0 Å². The Morgan fingerprint density at radius 2 is 1.76 bits per heavy atom. The van der Waals surface area contributed by atoms with E-state index in [-0.39, 0.29) is 4.90 Å². The summed E-state index contributed by atoms with van der Waals surface area (Å²) < 4.78 is 26.3. The number of benzene rings is 1. The molecule has 1 aromatic carbocycles. The summed E-state index contributed by atoms with van der Waals surface area (Å²) >= 11 is 0. The molecule has 0 aliphatic carbocycles. The average molecular weight is 255 g/mol. The molecule has 1 aromatic rings. The number of rotatable bonds is 3. The van der Waals surface area contributed by atoms with Gasteiger partial charge in [-0.25, -0.2) is 8.42 Å². The fourth-order valence-electron chi connectivity index (χ4n) is 2.06. The molecular weight excluding hydrogens is 238 g/mol. The zero-order valence-corrected chi connectivity index (χ0v) is 10.4. The third kappa shape index (κ3) is 2.43. The maximum Gasteiger partial charge on any atom is 0.245 e. The van der Waals surface area contributed by atoms with E-state index in [0.29, 0.717) is 18.8 Å². The molecule has 17 heavy (non-hydrogen) atoms. The summed E-state index contributed by atoms with van der Waals surface area (Å²) in [7, 11) is -3.41. The average Bonchev–Trinajstić information content (AvgIpc) is 2.39. The number of nitrogens with zero attached hydrogens (tertiary/aromatic N) is 1. The first-order valence-corrected chi connectivity index (χ1v) is 7.16. The Balaban J connectivity index is 2.36. The van der Waals surface area contributed by atoms with Gasteiger partial charge in [-0.1, -0.05) is 18.6 Å². The Labute approximate surface area is 102 Å². The van der Waals surface area contributed by atoms with Gasteiger partial charge in [0, 0.05) is 13.1 Å². The molecule has 0 bridgehead atoms. The molecule has 5 nitrogen and oxygen atoms in total. The molecular formula is C11H17N3O2S. The highest BCUT2D eigenvalue weighted by Gasteiger charge is 2.27. The molecule has 0 amide bonds. The number of nitrogens with one attached hydrogen (secondary N) is 1. The van der Waals surface area contributed by atoms with Gasteiger partial charge in [-0.3, -0.25) is 5.84 Å². The van der Waals surface area contributed by atoms with E-state index in [1.165, 1.54) is 4.31 Å². The highest BCUT2D eigenvalue weighted by molar-refractivity contribution is 7.89. The summed E-state index contributed by atoms with van der Waals surface area (Å²) in [6.45, 7) is 1.20. The van der Waals surface area contributed by atoms with E-state index in [0.717, 1.165) is 19.3 Å². The maximum atomic E-state index is 12.4. The lowest BCUT2D eigenvalue weighted by Crippen LogP contribution is -2.36. The third-order valence-electron chi connectivity index (χ3n) is 2.98. The largest absolute Gasteiger partial charge is 0.323 e. The van der Waals surface area contributed by atoms with Crippen molar-refractivity contribution in [3.63, 3.8) is 0 Å². The number of piperidine rings is 1. The predicted octanol–water partition coefficient (Wildman–Crippen LogP) is 1.15. The first-order chi connectivity index (χ1) is 8.16. The minimum Gasteiger partial charge on any atom is -0.323 e. The zero-order valence-electron chi connectivity index (χ0n) is 9.59. The Morgan fingerprint density at radius 1 is 1.12 bits per heavy atom. The number of nitrogens with two attached hydrogens (primary N) is 1. The Kier molecular flexibility index (Phi) is 3.66. The van der Waals surface area contributed by atoms with Gasteiger partial charge in [-0.15, -0.1) is 0 Å². The lowest BCUT2D eigenvalue weighted by molar-refractivity contribution is 0.347. The molecule has 0 saturated carbocycles. The Bertz CT molecular complexity index is 481. The zero-order chi connectivity index (χ0) is 12.3. The minimum absolute atomic E-state index is 0.254. The van der Waals surface area contributed by atoms with E-state index in [1.54, 1.807) is 24.3 Å². The molecule has 0 spiro atoms. The number of anilines is 1. The maximum absolute atomic E-state index is 12.4. The summed E-state index contributed by atoms with van der Waals surface area (Å²) in [4.78, 5) is 0.254. The van der Waals surface area contributed by atoms with Gasteiger partial charge in [0.1, 0.15) is 4.90 Å². The molecule has 1 saturated heterocycles. The van der Waals surface area contributed by atoms with Crippen molar-refractivity contribution >= 4 is 15.7 Å². The van der Waals surface area contributed by atoms with E-state index >= 15 is 0 Å². The van der Waals surface area contributed by atoms with Gasteiger partial charge in [0.2, 0.25) is 10.0 Å². The van der Waals surface area contributed by atoms with Crippen molar-refractivity contribution in [3.05, 3.63) is 24.3 Å². The molecule has 1 fully saturated rings. The van der Waals surface area contributed by atoms with Gasteiger partial charge in [0.05, 0.1) is 5.69 Å². The number of hydrogen-bond donors (Lipinski definition) is 2. The van der Waals surface area contributed by atoms with Crippen LogP contribution in [0.2, 0.25) is 0 Å². The smallest absolute Gasteiger partial charge is 0.245 e. The monoisotopic (exact) mass is 255 g/mol. The highest BCUT2D eigenvalue weighted by atomic mass is 32.2. The van der Waals surface area contributed by atoms with Gasteiger partial charge in [-0.2, -0.15) is 4.31 Å². The van der Waals surface area contributed by atoms with Crippen LogP contribution in [0.4, 0.5) is 5.69 Å². The number of hydrazine groups is 1. The van der Waals surface area contributed by atoms with Crippen LogP contribution in [0.3, 0.4) is 0 Å². The number of para-hydroxylation sites is 1. The van der Waals surface area contributed by atoms with Crippen molar-refractivity contribution in [1.82, 2.24) is 4.31 Å². The van der Waals surface area contributed by atoms with Gasteiger partial charge in [0.15, 0.2) is 0 Å². The van der Waals surface area contributed by atoms with Crippen molar-refractivity contribution in [2.45, 2.75) is 24.2 Å². The molecule has 94 valence electrons. The van der Waals surface area contributed by atoms with E-state index in [4.69, 9.17) is 5.84 Å². The van der Waals surface area contributed by atoms with Crippen LogP contribution in [0.1, 0.15) is 19.3 Å². The summed E-state index contributed by atoms with van der Waals surface area (Å²) in [5.41, 5.74) is 2.88. The second-order valence-electron chi connectivity index (χ2n) is 4.11. The van der Waals surface area contributed by atoms with Crippen LogP contribution in [0.25, 0.3) is 0 Å². The second kappa shape index (κ2) is 5.03. The lowest BCUT2D eigenvalue weighted by atomic mass is 10.2. The molecule has 1 heterocycles. The number of nitrogen functional groups attached to an aromatic ring is 1. The van der Waals surface area contributed by atoms with Crippen LogP contribution >= 0.6 is 0 Å². The first kappa shape index (κ1) is 12.3. The minimum atomic E-state index is -3.41. The van der Waals surface area contributed by atoms with Crippen LogP contribution in [-0.4, -0.2) is 25.8 Å². The fourth-order valence-corrected chi connectivity index (χ4v) is 3.73. The van der Waals surface area contributed by atoms with Crippen molar-refractivity contribution < 1.29 is 8.42 Å². The van der Waals surface area contributed by atoms with Crippen LogP contribution < -0.4 is 11.3 Å². The van der Waals surface area contributed by atoms with Crippen LogP contribution in [-0.2, 0) is 10.0 Å². The first-order valence-electron chi connectivity index (χ1n) is 5.72. The van der Waals surface area contributed by atoms with E-state index in [1.807, 2.05) is 0 Å². The second-order valence-corrected chi connectivity index (χ2v) is 6.01. The van der Waals surface area contributed by atoms with Gasteiger partial charge < -0.3 is 5.43 Å². The normalized spacial score (nSPS) is 17.9. The Morgan fingerprint density at radius 3 is 2.41 bits per heavy atom. The van der Waals surface area contributed by atoms with Gasteiger partial charge in [0.25, 0.3) is 0 Å². The van der Waals surface area contributed by atoms with E-state index in [9.17, 15) is 8.42 Å². The number of hydrogen-bond acceptors (Lipinski definition) is 4. The molecule has 6 heteroatoms. The molecule has 1 aliphatic rings. The Hall–Kier alpha value is -1.11. The van der Waals surface area contributed by atoms with Gasteiger partial charge >= 0.3 is 0 Å². The summed E-state index contributed by atoms with van der Waals surface area (Å²) in [6, 6.07) is 6.71. The quantitative estimate of drug-likeness (QED) is 0.627. The summed E-state index contributed by atoms with van der Waals surface area (Å²) in [5.74, 6) is 5.34. The van der Waals surface area contributed by atoms with E-state index < -0.39 is 10.0 Å². The fraction of sp³-hybridized carbons (Fsp3) is 0.455. The topological polar surface area (TPSA) is 75.4 Å². The molecule has 0 aromatic heterocycles. The molecule has 0 atom stereocenters. The summed E-state index contributed by atoms with van der Waals surface area (Å²) in [6.07, 6.45) is 2.96. The highest BCUT2D eigenvalue weighted by Crippen LogP contribution is 2.25. The van der Waals surface area contributed by atoms with Crippen molar-refractivity contribution in [3.8, 4) is 0 Å². The standard InChI is InChI=1S/C11H17N3O2S/c12-13-10-6-2-3-7-11(10)17(15,16)14-8-4-1-5-9-14/h2-3,6-7,13H,1,4-5,8-9,12H2.